The van der Waals surface area contributed by atoms with E-state index in [0.717, 1.165) is 16.3 Å². The minimum Gasteiger partial charge on any atom is -0.302 e. The highest BCUT2D eigenvalue weighted by molar-refractivity contribution is 7.99. The van der Waals surface area contributed by atoms with Crippen molar-refractivity contribution in [3.05, 3.63) is 51.2 Å². The molecule has 0 bridgehead atoms. The Bertz CT molecular complexity index is 949. The number of amides is 1. The van der Waals surface area contributed by atoms with E-state index in [4.69, 9.17) is 11.6 Å². The number of aryl methyl sites for hydroxylation is 1. The van der Waals surface area contributed by atoms with Gasteiger partial charge in [-0.15, -0.1) is 21.5 Å². The van der Waals surface area contributed by atoms with Gasteiger partial charge in [-0.25, -0.2) is 5.43 Å². The summed E-state index contributed by atoms with van der Waals surface area (Å²) >= 11 is 8.89. The fourth-order valence-corrected chi connectivity index (χ4v) is 4.02. The molecule has 0 aliphatic heterocycles. The summed E-state index contributed by atoms with van der Waals surface area (Å²) in [6.45, 7) is 4.74. The van der Waals surface area contributed by atoms with Crippen LogP contribution in [0, 0.1) is 6.92 Å². The van der Waals surface area contributed by atoms with Gasteiger partial charge in [-0.1, -0.05) is 23.4 Å². The van der Waals surface area contributed by atoms with Gasteiger partial charge in [-0.2, -0.15) is 5.10 Å². The van der Waals surface area contributed by atoms with Crippen molar-refractivity contribution < 1.29 is 4.79 Å². The fraction of sp³-hybridized carbons (Fsp3) is 0.222. The van der Waals surface area contributed by atoms with Crippen LogP contribution in [-0.4, -0.2) is 32.6 Å². The van der Waals surface area contributed by atoms with E-state index in [1.165, 1.54) is 16.6 Å². The summed E-state index contributed by atoms with van der Waals surface area (Å²) in [5, 5.41) is 13.8. The smallest absolute Gasteiger partial charge is 0.250 e. The minimum absolute atomic E-state index is 0.191. The van der Waals surface area contributed by atoms with Gasteiger partial charge in [0.25, 0.3) is 5.91 Å². The quantitative estimate of drug-likeness (QED) is 0.353. The normalized spacial score (nSPS) is 11.2. The van der Waals surface area contributed by atoms with Gasteiger partial charge < -0.3 is 4.57 Å². The monoisotopic (exact) mass is 419 g/mol. The topological polar surface area (TPSA) is 72.2 Å². The number of nitrogens with one attached hydrogen (secondary N) is 1. The molecule has 2 aromatic heterocycles. The maximum atomic E-state index is 12.0. The Morgan fingerprint density at radius 3 is 2.74 bits per heavy atom. The largest absolute Gasteiger partial charge is 0.302 e. The molecule has 1 aromatic carbocycles. The number of thiophene rings is 1. The van der Waals surface area contributed by atoms with Crippen molar-refractivity contribution in [3.8, 4) is 11.4 Å². The van der Waals surface area contributed by atoms with Crippen LogP contribution in [0.4, 0.5) is 0 Å². The molecule has 9 heteroatoms. The summed E-state index contributed by atoms with van der Waals surface area (Å²) in [4.78, 5) is 14.2. The molecule has 0 saturated heterocycles. The van der Waals surface area contributed by atoms with Crippen LogP contribution in [0.3, 0.4) is 0 Å². The highest BCUT2D eigenvalue weighted by Gasteiger charge is 2.14. The molecule has 0 atom stereocenters. The van der Waals surface area contributed by atoms with Gasteiger partial charge in [0.1, 0.15) is 0 Å². The highest BCUT2D eigenvalue weighted by atomic mass is 35.5. The van der Waals surface area contributed by atoms with Crippen molar-refractivity contribution in [3.63, 3.8) is 0 Å². The lowest BCUT2D eigenvalue weighted by Crippen LogP contribution is -2.19. The molecule has 0 aliphatic carbocycles. The van der Waals surface area contributed by atoms with E-state index in [1.54, 1.807) is 17.6 Å². The Hall–Kier alpha value is -2.16. The van der Waals surface area contributed by atoms with E-state index in [9.17, 15) is 4.79 Å². The van der Waals surface area contributed by atoms with Crippen LogP contribution < -0.4 is 5.43 Å². The Morgan fingerprint density at radius 2 is 2.07 bits per heavy atom. The summed E-state index contributed by atoms with van der Waals surface area (Å²) in [6, 6.07) is 11.4. The van der Waals surface area contributed by atoms with Crippen LogP contribution >= 0.6 is 34.7 Å². The van der Waals surface area contributed by atoms with Crippen LogP contribution in [0.25, 0.3) is 11.4 Å². The Balaban J connectivity index is 1.59. The van der Waals surface area contributed by atoms with E-state index >= 15 is 0 Å². The number of aromatic nitrogens is 3. The zero-order valence-electron chi connectivity index (χ0n) is 14.8. The number of nitrogens with zero attached hydrogens (tertiary/aromatic N) is 4. The molecular formula is C18H18ClN5OS2. The fourth-order valence-electron chi connectivity index (χ4n) is 2.35. The van der Waals surface area contributed by atoms with Gasteiger partial charge >= 0.3 is 0 Å². The molecule has 0 spiro atoms. The molecule has 1 amide bonds. The number of thioether (sulfide) groups is 1. The molecule has 1 N–H and O–H groups in total. The van der Waals surface area contributed by atoms with Crippen LogP contribution in [0.15, 0.2) is 46.7 Å². The number of carbonyl (C=O) groups excluding carboxylic acids is 1. The number of carbonyl (C=O) groups is 1. The van der Waals surface area contributed by atoms with E-state index in [2.05, 4.69) is 20.7 Å². The maximum Gasteiger partial charge on any atom is 0.250 e. The zero-order chi connectivity index (χ0) is 19.2. The molecular weight excluding hydrogens is 402 g/mol. The van der Waals surface area contributed by atoms with Gasteiger partial charge in [0, 0.05) is 26.9 Å². The Morgan fingerprint density at radius 1 is 1.30 bits per heavy atom. The van der Waals surface area contributed by atoms with Crippen LogP contribution in [0.2, 0.25) is 5.02 Å². The van der Waals surface area contributed by atoms with Gasteiger partial charge in [-0.3, -0.25) is 4.79 Å². The average Bonchev–Trinajstić information content (AvgIpc) is 3.26. The molecule has 3 rings (SSSR count). The second-order valence-electron chi connectivity index (χ2n) is 5.59. The van der Waals surface area contributed by atoms with Crippen molar-refractivity contribution in [2.24, 2.45) is 5.10 Å². The van der Waals surface area contributed by atoms with Gasteiger partial charge in [-0.05, 0) is 50.2 Å². The second-order valence-corrected chi connectivity index (χ2v) is 8.29. The third-order valence-corrected chi connectivity index (χ3v) is 5.76. The molecule has 6 nitrogen and oxygen atoms in total. The van der Waals surface area contributed by atoms with E-state index in [0.29, 0.717) is 16.7 Å². The molecule has 27 heavy (non-hydrogen) atoms. The van der Waals surface area contributed by atoms with Crippen LogP contribution in [0.5, 0.6) is 0 Å². The Kier molecular flexibility index (Phi) is 6.65. The first-order valence-corrected chi connectivity index (χ1v) is 10.4. The SMILES string of the molecule is CCn1c(SCC(=O)N/N=C\c2ccc(C)s2)nnc1-c1ccc(Cl)cc1. The zero-order valence-corrected chi connectivity index (χ0v) is 17.2. The lowest BCUT2D eigenvalue weighted by atomic mass is 10.2. The first kappa shape index (κ1) is 19.6. The third-order valence-electron chi connectivity index (χ3n) is 3.61. The minimum atomic E-state index is -0.191. The molecule has 0 fully saturated rings. The van der Waals surface area contributed by atoms with Gasteiger partial charge in [0.15, 0.2) is 11.0 Å². The Labute approximate surface area is 170 Å². The summed E-state index contributed by atoms with van der Waals surface area (Å²) in [5.41, 5.74) is 3.47. The first-order valence-electron chi connectivity index (χ1n) is 8.27. The molecule has 0 unspecified atom stereocenters. The van der Waals surface area contributed by atoms with Gasteiger partial charge in [0.05, 0.1) is 12.0 Å². The number of halogens is 1. The third kappa shape index (κ3) is 5.18. The van der Waals surface area contributed by atoms with E-state index < -0.39 is 0 Å². The van der Waals surface area contributed by atoms with Crippen molar-refractivity contribution in [2.45, 2.75) is 25.5 Å². The number of hydrogen-bond acceptors (Lipinski definition) is 6. The van der Waals surface area contributed by atoms with Crippen LogP contribution in [-0.2, 0) is 11.3 Å². The lowest BCUT2D eigenvalue weighted by Gasteiger charge is -2.07. The maximum absolute atomic E-state index is 12.0. The summed E-state index contributed by atoms with van der Waals surface area (Å²) in [5.74, 6) is 0.769. The molecule has 140 valence electrons. The predicted molar refractivity (Wildman–Crippen MR) is 112 cm³/mol. The van der Waals surface area contributed by atoms with Crippen molar-refractivity contribution in [2.75, 3.05) is 5.75 Å². The molecule has 3 aromatic rings. The first-order chi connectivity index (χ1) is 13.1. The molecule has 0 saturated carbocycles. The lowest BCUT2D eigenvalue weighted by molar-refractivity contribution is -0.118. The van der Waals surface area contributed by atoms with Gasteiger partial charge in [0.2, 0.25) is 0 Å². The summed E-state index contributed by atoms with van der Waals surface area (Å²) in [6.07, 6.45) is 1.65. The summed E-state index contributed by atoms with van der Waals surface area (Å²) in [7, 11) is 0. The van der Waals surface area contributed by atoms with Crippen molar-refractivity contribution >= 4 is 46.8 Å². The standard InChI is InChI=1S/C18H18ClN5OS2/c1-3-24-17(13-5-7-14(19)8-6-13)22-23-18(24)26-11-16(25)21-20-10-15-9-4-12(2)27-15/h4-10H,3,11H2,1-2H3,(H,21,25)/b20-10-. The van der Waals surface area contributed by atoms with Crippen molar-refractivity contribution in [1.82, 2.24) is 20.2 Å². The predicted octanol–water partition coefficient (Wildman–Crippen LogP) is 4.23. The number of benzene rings is 1. The van der Waals surface area contributed by atoms with E-state index in [-0.39, 0.29) is 11.7 Å². The number of hydrazone groups is 1. The molecule has 0 radical (unpaired) electrons. The average molecular weight is 420 g/mol. The molecule has 0 aliphatic rings. The number of hydrogen-bond donors (Lipinski definition) is 1. The molecule has 2 heterocycles. The van der Waals surface area contributed by atoms with E-state index in [1.807, 2.05) is 54.8 Å². The van der Waals surface area contributed by atoms with Crippen LogP contribution in [0.1, 0.15) is 16.7 Å². The summed E-state index contributed by atoms with van der Waals surface area (Å²) < 4.78 is 1.97. The second kappa shape index (κ2) is 9.16. The van der Waals surface area contributed by atoms with Crippen molar-refractivity contribution in [1.29, 1.82) is 0 Å². The highest BCUT2D eigenvalue weighted by Crippen LogP contribution is 2.25. The number of rotatable bonds is 7.